The molecule has 0 bridgehead atoms. The van der Waals surface area contributed by atoms with E-state index in [4.69, 9.17) is 0 Å². The SMILES string of the molecule is CC(CCS(C)=O)NCc1ccc(-n2cccn2)cc1. The van der Waals surface area contributed by atoms with Crippen LogP contribution in [0.15, 0.2) is 42.7 Å². The van der Waals surface area contributed by atoms with Gasteiger partial charge in [0.2, 0.25) is 0 Å². The Balaban J connectivity index is 1.83. The Bertz CT molecular complexity index is 537. The maximum atomic E-state index is 11.0. The molecule has 0 amide bonds. The Morgan fingerprint density at radius 2 is 2.10 bits per heavy atom. The fourth-order valence-corrected chi connectivity index (χ4v) is 2.61. The van der Waals surface area contributed by atoms with Crippen LogP contribution in [0.4, 0.5) is 0 Å². The van der Waals surface area contributed by atoms with Gasteiger partial charge in [-0.2, -0.15) is 5.10 Å². The number of hydrogen-bond acceptors (Lipinski definition) is 3. The number of aromatic nitrogens is 2. The van der Waals surface area contributed by atoms with E-state index in [-0.39, 0.29) is 0 Å². The molecule has 1 aromatic carbocycles. The van der Waals surface area contributed by atoms with Gasteiger partial charge >= 0.3 is 0 Å². The van der Waals surface area contributed by atoms with E-state index in [1.807, 2.05) is 16.9 Å². The normalized spacial score (nSPS) is 14.1. The fraction of sp³-hybridized carbons (Fsp3) is 0.400. The Morgan fingerprint density at radius 3 is 2.70 bits per heavy atom. The lowest BCUT2D eigenvalue weighted by atomic mass is 10.2. The molecule has 0 saturated carbocycles. The van der Waals surface area contributed by atoms with Gasteiger partial charge in [0.1, 0.15) is 0 Å². The van der Waals surface area contributed by atoms with E-state index < -0.39 is 10.8 Å². The molecule has 0 aliphatic heterocycles. The van der Waals surface area contributed by atoms with Crippen molar-refractivity contribution in [1.29, 1.82) is 0 Å². The van der Waals surface area contributed by atoms with Gasteiger partial charge in [-0.15, -0.1) is 0 Å². The van der Waals surface area contributed by atoms with E-state index in [1.165, 1.54) is 5.56 Å². The monoisotopic (exact) mass is 291 g/mol. The fourth-order valence-electron chi connectivity index (χ4n) is 1.92. The molecule has 1 N–H and O–H groups in total. The molecule has 20 heavy (non-hydrogen) atoms. The van der Waals surface area contributed by atoms with Crippen molar-refractivity contribution >= 4 is 10.8 Å². The Labute approximate surface area is 122 Å². The smallest absolute Gasteiger partial charge is 0.0645 e. The molecule has 2 unspecified atom stereocenters. The maximum Gasteiger partial charge on any atom is 0.0645 e. The molecule has 2 aromatic rings. The van der Waals surface area contributed by atoms with E-state index in [2.05, 4.69) is 41.6 Å². The highest BCUT2D eigenvalue weighted by Crippen LogP contribution is 2.08. The third-order valence-electron chi connectivity index (χ3n) is 3.20. The Kier molecular flexibility index (Phi) is 5.49. The minimum absolute atomic E-state index is 0.379. The zero-order chi connectivity index (χ0) is 14.4. The zero-order valence-electron chi connectivity index (χ0n) is 12.0. The van der Waals surface area contributed by atoms with E-state index in [0.29, 0.717) is 6.04 Å². The predicted octanol–water partition coefficient (Wildman–Crippen LogP) is 2.12. The molecule has 0 fully saturated rings. The third kappa shape index (κ3) is 4.58. The van der Waals surface area contributed by atoms with Crippen LogP contribution in [-0.4, -0.2) is 32.0 Å². The summed E-state index contributed by atoms with van der Waals surface area (Å²) in [6.45, 7) is 2.96. The standard InChI is InChI=1S/C15H21N3OS/c1-13(8-11-20(2)19)16-12-14-4-6-15(7-5-14)18-10-3-9-17-18/h3-7,9-10,13,16H,8,11-12H2,1-2H3. The van der Waals surface area contributed by atoms with Crippen molar-refractivity contribution in [2.24, 2.45) is 0 Å². The van der Waals surface area contributed by atoms with Crippen molar-refractivity contribution in [2.45, 2.75) is 25.9 Å². The van der Waals surface area contributed by atoms with Crippen LogP contribution >= 0.6 is 0 Å². The second-order valence-electron chi connectivity index (χ2n) is 4.97. The summed E-state index contributed by atoms with van der Waals surface area (Å²) < 4.78 is 12.9. The van der Waals surface area contributed by atoms with Crippen molar-refractivity contribution < 1.29 is 4.21 Å². The van der Waals surface area contributed by atoms with E-state index in [0.717, 1.165) is 24.4 Å². The van der Waals surface area contributed by atoms with Crippen LogP contribution < -0.4 is 5.32 Å². The first-order valence-electron chi connectivity index (χ1n) is 6.77. The Morgan fingerprint density at radius 1 is 1.35 bits per heavy atom. The van der Waals surface area contributed by atoms with Crippen LogP contribution in [0.25, 0.3) is 5.69 Å². The Hall–Kier alpha value is -1.46. The lowest BCUT2D eigenvalue weighted by Crippen LogP contribution is -2.26. The van der Waals surface area contributed by atoms with Gasteiger partial charge in [-0.3, -0.25) is 4.21 Å². The van der Waals surface area contributed by atoms with Crippen molar-refractivity contribution in [3.05, 3.63) is 48.3 Å². The quantitative estimate of drug-likeness (QED) is 0.850. The average molecular weight is 291 g/mol. The molecule has 2 atom stereocenters. The first-order chi connectivity index (χ1) is 9.65. The molecular weight excluding hydrogens is 270 g/mol. The molecule has 0 aliphatic carbocycles. The minimum Gasteiger partial charge on any atom is -0.310 e. The lowest BCUT2D eigenvalue weighted by molar-refractivity contribution is 0.535. The lowest BCUT2D eigenvalue weighted by Gasteiger charge is -2.13. The number of nitrogens with one attached hydrogen (secondary N) is 1. The van der Waals surface area contributed by atoms with Crippen LogP contribution in [-0.2, 0) is 17.3 Å². The topological polar surface area (TPSA) is 46.9 Å². The predicted molar refractivity (Wildman–Crippen MR) is 83.4 cm³/mol. The van der Waals surface area contributed by atoms with Crippen LogP contribution in [0.5, 0.6) is 0 Å². The molecule has 0 saturated heterocycles. The molecule has 4 nitrogen and oxygen atoms in total. The third-order valence-corrected chi connectivity index (χ3v) is 4.01. The highest BCUT2D eigenvalue weighted by molar-refractivity contribution is 7.84. The summed E-state index contributed by atoms with van der Waals surface area (Å²) >= 11 is 0. The van der Waals surface area contributed by atoms with E-state index >= 15 is 0 Å². The van der Waals surface area contributed by atoms with Gasteiger partial charge in [-0.05, 0) is 37.1 Å². The number of nitrogens with zero attached hydrogens (tertiary/aromatic N) is 2. The van der Waals surface area contributed by atoms with Crippen molar-refractivity contribution in [1.82, 2.24) is 15.1 Å². The molecule has 0 spiro atoms. The van der Waals surface area contributed by atoms with Gasteiger partial charge in [0.15, 0.2) is 0 Å². The van der Waals surface area contributed by atoms with Gasteiger partial charge in [0.25, 0.3) is 0 Å². The molecule has 5 heteroatoms. The molecule has 1 aromatic heterocycles. The highest BCUT2D eigenvalue weighted by Gasteiger charge is 2.03. The first-order valence-corrected chi connectivity index (χ1v) is 8.50. The van der Waals surface area contributed by atoms with Gasteiger partial charge in [0, 0.05) is 47.8 Å². The molecule has 108 valence electrons. The van der Waals surface area contributed by atoms with Crippen molar-refractivity contribution in [2.75, 3.05) is 12.0 Å². The molecular formula is C15H21N3OS. The highest BCUT2D eigenvalue weighted by atomic mass is 32.2. The summed E-state index contributed by atoms with van der Waals surface area (Å²) in [6, 6.07) is 10.6. The molecule has 2 rings (SSSR count). The van der Waals surface area contributed by atoms with Gasteiger partial charge in [-0.25, -0.2) is 4.68 Å². The van der Waals surface area contributed by atoms with Crippen molar-refractivity contribution in [3.63, 3.8) is 0 Å². The minimum atomic E-state index is -0.704. The summed E-state index contributed by atoms with van der Waals surface area (Å²) in [7, 11) is -0.704. The summed E-state index contributed by atoms with van der Waals surface area (Å²) in [5, 5.41) is 7.66. The summed E-state index contributed by atoms with van der Waals surface area (Å²) in [4.78, 5) is 0. The summed E-state index contributed by atoms with van der Waals surface area (Å²) in [6.07, 6.45) is 6.39. The largest absolute Gasteiger partial charge is 0.310 e. The van der Waals surface area contributed by atoms with Crippen LogP contribution in [0, 0.1) is 0 Å². The van der Waals surface area contributed by atoms with E-state index in [9.17, 15) is 4.21 Å². The van der Waals surface area contributed by atoms with Crippen LogP contribution in [0.1, 0.15) is 18.9 Å². The maximum absolute atomic E-state index is 11.0. The summed E-state index contributed by atoms with van der Waals surface area (Å²) in [5.41, 5.74) is 2.30. The van der Waals surface area contributed by atoms with Gasteiger partial charge < -0.3 is 5.32 Å². The number of hydrogen-bond donors (Lipinski definition) is 1. The second-order valence-corrected chi connectivity index (χ2v) is 6.52. The molecule has 0 aliphatic rings. The van der Waals surface area contributed by atoms with Gasteiger partial charge in [0.05, 0.1) is 5.69 Å². The average Bonchev–Trinajstić information content (AvgIpc) is 2.97. The van der Waals surface area contributed by atoms with Crippen molar-refractivity contribution in [3.8, 4) is 5.69 Å². The zero-order valence-corrected chi connectivity index (χ0v) is 12.8. The summed E-state index contributed by atoms with van der Waals surface area (Å²) in [5.74, 6) is 0.756. The molecule has 0 radical (unpaired) electrons. The van der Waals surface area contributed by atoms with Crippen LogP contribution in [0.3, 0.4) is 0 Å². The number of rotatable bonds is 7. The number of benzene rings is 1. The van der Waals surface area contributed by atoms with Gasteiger partial charge in [-0.1, -0.05) is 12.1 Å². The van der Waals surface area contributed by atoms with E-state index in [1.54, 1.807) is 12.5 Å². The first kappa shape index (κ1) is 14.9. The second kappa shape index (κ2) is 7.36. The molecule has 1 heterocycles. The van der Waals surface area contributed by atoms with Crippen LogP contribution in [0.2, 0.25) is 0 Å².